The summed E-state index contributed by atoms with van der Waals surface area (Å²) in [5.74, 6) is -3.57. The summed E-state index contributed by atoms with van der Waals surface area (Å²) < 4.78 is 39.5. The van der Waals surface area contributed by atoms with Crippen LogP contribution in [0.15, 0.2) is 12.1 Å². The molecule has 2 N–H and O–H groups in total. The largest absolute Gasteiger partial charge is 0.342 e. The van der Waals surface area contributed by atoms with Gasteiger partial charge in [-0.1, -0.05) is 6.92 Å². The summed E-state index contributed by atoms with van der Waals surface area (Å²) in [7, 11) is 0. The number of benzene rings is 1. The number of halogens is 4. The third kappa shape index (κ3) is 4.14. The van der Waals surface area contributed by atoms with Gasteiger partial charge in [-0.3, -0.25) is 4.79 Å². The van der Waals surface area contributed by atoms with E-state index in [1.165, 1.54) is 0 Å². The molecule has 1 aromatic carbocycles. The number of nitrogens with zero attached hydrogens (tertiary/aromatic N) is 1. The van der Waals surface area contributed by atoms with Crippen molar-refractivity contribution in [1.82, 2.24) is 4.90 Å². The number of carbonyl (C=O) groups is 1. The molecule has 0 bridgehead atoms. The Balaban J connectivity index is 0.00000242. The summed E-state index contributed by atoms with van der Waals surface area (Å²) >= 11 is 0. The Bertz CT molecular complexity index is 546. The van der Waals surface area contributed by atoms with Gasteiger partial charge in [-0.25, -0.2) is 13.2 Å². The summed E-state index contributed by atoms with van der Waals surface area (Å²) in [6.07, 6.45) is 1.31. The Kier molecular flexibility index (Phi) is 6.26. The standard InChI is InChI=1S/C15H19F3N2O.ClH/c1-15(9-19)2-4-20(5-3-15)14(21)7-10-6-12(17)13(18)8-11(10)16;/h6,8H,2-5,7,9,19H2,1H3;1H. The Hall–Kier alpha value is -1.27. The van der Waals surface area contributed by atoms with Crippen LogP contribution in [-0.4, -0.2) is 30.4 Å². The topological polar surface area (TPSA) is 46.3 Å². The molecule has 1 aliphatic heterocycles. The lowest BCUT2D eigenvalue weighted by Gasteiger charge is -2.38. The van der Waals surface area contributed by atoms with Crippen LogP contribution < -0.4 is 5.73 Å². The molecule has 0 aliphatic carbocycles. The van der Waals surface area contributed by atoms with Crippen LogP contribution >= 0.6 is 12.4 Å². The number of rotatable bonds is 3. The van der Waals surface area contributed by atoms with Crippen LogP contribution in [0.5, 0.6) is 0 Å². The Morgan fingerprint density at radius 1 is 1.18 bits per heavy atom. The molecule has 0 saturated carbocycles. The molecule has 1 aliphatic rings. The molecule has 124 valence electrons. The zero-order valence-electron chi connectivity index (χ0n) is 12.4. The quantitative estimate of drug-likeness (QED) is 0.863. The van der Waals surface area contributed by atoms with Crippen LogP contribution in [0.3, 0.4) is 0 Å². The molecule has 1 saturated heterocycles. The second-order valence-electron chi connectivity index (χ2n) is 5.93. The molecular weight excluding hydrogens is 317 g/mol. The fourth-order valence-electron chi connectivity index (χ4n) is 2.47. The van der Waals surface area contributed by atoms with Crippen LogP contribution in [0.1, 0.15) is 25.3 Å². The molecule has 1 heterocycles. The summed E-state index contributed by atoms with van der Waals surface area (Å²) in [4.78, 5) is 13.8. The number of nitrogens with two attached hydrogens (primary N) is 1. The van der Waals surface area contributed by atoms with Crippen molar-refractivity contribution in [2.75, 3.05) is 19.6 Å². The van der Waals surface area contributed by atoms with Crippen molar-refractivity contribution in [1.29, 1.82) is 0 Å². The Labute approximate surface area is 134 Å². The van der Waals surface area contributed by atoms with Gasteiger partial charge in [-0.05, 0) is 30.9 Å². The van der Waals surface area contributed by atoms with E-state index >= 15 is 0 Å². The average Bonchev–Trinajstić information content (AvgIpc) is 2.45. The normalized spacial score (nSPS) is 17.0. The number of piperidine rings is 1. The summed E-state index contributed by atoms with van der Waals surface area (Å²) in [6, 6.07) is 1.22. The van der Waals surface area contributed by atoms with Crippen molar-refractivity contribution < 1.29 is 18.0 Å². The second-order valence-corrected chi connectivity index (χ2v) is 5.93. The molecule has 7 heteroatoms. The van der Waals surface area contributed by atoms with Gasteiger partial charge in [0, 0.05) is 24.7 Å². The lowest BCUT2D eigenvalue weighted by molar-refractivity contribution is -0.132. The van der Waals surface area contributed by atoms with Crippen LogP contribution in [0, 0.1) is 22.9 Å². The van der Waals surface area contributed by atoms with E-state index in [-0.39, 0.29) is 35.7 Å². The van der Waals surface area contributed by atoms with Crippen molar-refractivity contribution in [3.8, 4) is 0 Å². The zero-order chi connectivity index (χ0) is 15.6. The number of likely N-dealkylation sites (tertiary alicyclic amines) is 1. The van der Waals surface area contributed by atoms with Gasteiger partial charge in [0.15, 0.2) is 11.6 Å². The third-order valence-corrected chi connectivity index (χ3v) is 4.25. The van der Waals surface area contributed by atoms with E-state index in [0.717, 1.165) is 18.9 Å². The molecule has 2 rings (SSSR count). The third-order valence-electron chi connectivity index (χ3n) is 4.25. The number of carbonyl (C=O) groups excluding carboxylic acids is 1. The van der Waals surface area contributed by atoms with E-state index in [0.29, 0.717) is 25.7 Å². The van der Waals surface area contributed by atoms with Crippen LogP contribution in [0.2, 0.25) is 0 Å². The highest BCUT2D eigenvalue weighted by Crippen LogP contribution is 2.29. The molecule has 3 nitrogen and oxygen atoms in total. The highest BCUT2D eigenvalue weighted by molar-refractivity contribution is 5.85. The molecule has 0 atom stereocenters. The number of amides is 1. The average molecular weight is 337 g/mol. The molecular formula is C15H20ClF3N2O. The first-order valence-electron chi connectivity index (χ1n) is 6.96. The smallest absolute Gasteiger partial charge is 0.227 e. The molecule has 1 fully saturated rings. The summed E-state index contributed by atoms with van der Waals surface area (Å²) in [5.41, 5.74) is 5.62. The van der Waals surface area contributed by atoms with Gasteiger partial charge in [0.1, 0.15) is 5.82 Å². The maximum atomic E-state index is 13.5. The lowest BCUT2D eigenvalue weighted by Crippen LogP contribution is -2.45. The highest BCUT2D eigenvalue weighted by Gasteiger charge is 2.30. The SMILES string of the molecule is CC1(CN)CCN(C(=O)Cc2cc(F)c(F)cc2F)CC1.Cl. The molecule has 1 amide bonds. The van der Waals surface area contributed by atoms with Crippen molar-refractivity contribution in [2.45, 2.75) is 26.2 Å². The van der Waals surface area contributed by atoms with Crippen LogP contribution in [0.25, 0.3) is 0 Å². The van der Waals surface area contributed by atoms with E-state index in [1.807, 2.05) is 0 Å². The van der Waals surface area contributed by atoms with E-state index in [4.69, 9.17) is 5.73 Å². The van der Waals surface area contributed by atoms with E-state index < -0.39 is 17.5 Å². The van der Waals surface area contributed by atoms with Gasteiger partial charge in [0.05, 0.1) is 6.42 Å². The number of hydrogen-bond donors (Lipinski definition) is 1. The lowest BCUT2D eigenvalue weighted by atomic mass is 9.80. The van der Waals surface area contributed by atoms with E-state index in [1.54, 1.807) is 4.90 Å². The summed E-state index contributed by atoms with van der Waals surface area (Å²) in [6.45, 7) is 3.74. The summed E-state index contributed by atoms with van der Waals surface area (Å²) in [5, 5.41) is 0. The van der Waals surface area contributed by atoms with Gasteiger partial charge < -0.3 is 10.6 Å². The zero-order valence-corrected chi connectivity index (χ0v) is 13.2. The Morgan fingerprint density at radius 3 is 2.27 bits per heavy atom. The van der Waals surface area contributed by atoms with Crippen molar-refractivity contribution >= 4 is 18.3 Å². The van der Waals surface area contributed by atoms with Crippen molar-refractivity contribution in [2.24, 2.45) is 11.1 Å². The second kappa shape index (κ2) is 7.33. The maximum absolute atomic E-state index is 13.5. The maximum Gasteiger partial charge on any atom is 0.227 e. The highest BCUT2D eigenvalue weighted by atomic mass is 35.5. The van der Waals surface area contributed by atoms with Crippen molar-refractivity contribution in [3.05, 3.63) is 35.1 Å². The van der Waals surface area contributed by atoms with Gasteiger partial charge in [0.25, 0.3) is 0 Å². The molecule has 0 spiro atoms. The van der Waals surface area contributed by atoms with Gasteiger partial charge in [-0.2, -0.15) is 0 Å². The first-order chi connectivity index (χ1) is 9.84. The van der Waals surface area contributed by atoms with Gasteiger partial charge in [-0.15, -0.1) is 12.4 Å². The minimum atomic E-state index is -1.25. The fraction of sp³-hybridized carbons (Fsp3) is 0.533. The molecule has 1 aromatic rings. The van der Waals surface area contributed by atoms with E-state index in [2.05, 4.69) is 6.92 Å². The monoisotopic (exact) mass is 336 g/mol. The minimum absolute atomic E-state index is 0. The minimum Gasteiger partial charge on any atom is -0.342 e. The molecule has 0 aromatic heterocycles. The molecule has 22 heavy (non-hydrogen) atoms. The molecule has 0 radical (unpaired) electrons. The first kappa shape index (κ1) is 18.8. The van der Waals surface area contributed by atoms with Crippen LogP contribution in [0.4, 0.5) is 13.2 Å². The van der Waals surface area contributed by atoms with Crippen LogP contribution in [-0.2, 0) is 11.2 Å². The van der Waals surface area contributed by atoms with Gasteiger partial charge in [0.2, 0.25) is 5.91 Å². The predicted octanol–water partition coefficient (Wildman–Crippen LogP) is 2.66. The van der Waals surface area contributed by atoms with Gasteiger partial charge >= 0.3 is 0 Å². The number of hydrogen-bond acceptors (Lipinski definition) is 2. The first-order valence-corrected chi connectivity index (χ1v) is 6.96. The predicted molar refractivity (Wildman–Crippen MR) is 80.2 cm³/mol. The van der Waals surface area contributed by atoms with E-state index in [9.17, 15) is 18.0 Å². The Morgan fingerprint density at radius 2 is 1.73 bits per heavy atom. The fourth-order valence-corrected chi connectivity index (χ4v) is 2.47. The molecule has 0 unspecified atom stereocenters. The van der Waals surface area contributed by atoms with Crippen molar-refractivity contribution in [3.63, 3.8) is 0 Å².